The van der Waals surface area contributed by atoms with Gasteiger partial charge in [0.1, 0.15) is 17.9 Å². The van der Waals surface area contributed by atoms with Gasteiger partial charge in [-0.15, -0.1) is 0 Å². The molecule has 1 aromatic carbocycles. The van der Waals surface area contributed by atoms with E-state index in [-0.39, 0.29) is 73.0 Å². The molecular weight excluding hydrogens is 905 g/mol. The molecule has 2 atom stereocenters. The van der Waals surface area contributed by atoms with Crippen LogP contribution < -0.4 is 27.2 Å². The number of carboxylic acid groups (broad SMARTS) is 2. The first kappa shape index (κ1) is 55.9. The Morgan fingerprint density at radius 3 is 1.67 bits per heavy atom. The second kappa shape index (κ2) is 34.0. The topological polar surface area (TPSA) is 333 Å². The van der Waals surface area contributed by atoms with Crippen molar-refractivity contribution >= 4 is 65.0 Å². The summed E-state index contributed by atoms with van der Waals surface area (Å²) in [7, 11) is 0. The van der Waals surface area contributed by atoms with Crippen LogP contribution in [0.4, 0.5) is 11.6 Å². The number of aromatic nitrogens is 4. The monoisotopic (exact) mass is 966 g/mol. The molecule has 24 nitrogen and oxygen atoms in total. The Bertz CT molecular complexity index is 2000. The van der Waals surface area contributed by atoms with Gasteiger partial charge in [-0.3, -0.25) is 24.2 Å². The molecule has 0 radical (unpaired) electrons. The number of hydrogen-bond donors (Lipinski definition) is 8. The van der Waals surface area contributed by atoms with Crippen molar-refractivity contribution in [3.63, 3.8) is 0 Å². The van der Waals surface area contributed by atoms with Crippen LogP contribution in [0.15, 0.2) is 35.3 Å². The van der Waals surface area contributed by atoms with Crippen LogP contribution in [-0.4, -0.2) is 183 Å². The highest BCUT2D eigenvalue weighted by molar-refractivity contribution is 7.80. The molecular formula is C42H62N8O16S. The number of carboxylic acids is 2. The van der Waals surface area contributed by atoms with Crippen molar-refractivity contribution in [1.29, 1.82) is 0 Å². The molecule has 2 amide bonds. The number of nitrogens with two attached hydrogens (primary N) is 1. The molecule has 0 aliphatic carbocycles. The Morgan fingerprint density at radius 2 is 1.16 bits per heavy atom. The summed E-state index contributed by atoms with van der Waals surface area (Å²) < 4.78 is 43.5. The van der Waals surface area contributed by atoms with E-state index in [2.05, 4.69) is 48.5 Å². The highest BCUT2D eigenvalue weighted by Gasteiger charge is 2.22. The van der Waals surface area contributed by atoms with Gasteiger partial charge in [-0.05, 0) is 37.1 Å². The van der Waals surface area contributed by atoms with Crippen LogP contribution in [0.5, 0.6) is 0 Å². The third-order valence-electron chi connectivity index (χ3n) is 9.06. The number of rotatable bonds is 40. The molecule has 0 saturated carbocycles. The predicted octanol–water partition coefficient (Wildman–Crippen LogP) is 0.242. The van der Waals surface area contributed by atoms with Gasteiger partial charge in [-0.2, -0.15) is 17.6 Å². The lowest BCUT2D eigenvalue weighted by Crippen LogP contribution is -2.42. The Morgan fingerprint density at radius 1 is 0.657 bits per heavy atom. The number of nitrogens with one attached hydrogen (secondary N) is 4. The molecule has 0 saturated heterocycles. The fourth-order valence-electron chi connectivity index (χ4n) is 5.55. The number of ether oxygens (including phenoxy) is 8. The van der Waals surface area contributed by atoms with E-state index in [9.17, 15) is 33.9 Å². The van der Waals surface area contributed by atoms with E-state index in [4.69, 9.17) is 48.7 Å². The van der Waals surface area contributed by atoms with E-state index in [1.54, 1.807) is 12.1 Å². The van der Waals surface area contributed by atoms with E-state index < -0.39 is 41.4 Å². The average Bonchev–Trinajstić information content (AvgIpc) is 3.31. The second-order valence-electron chi connectivity index (χ2n) is 14.3. The molecule has 25 heteroatoms. The Hall–Kier alpha value is -5.38. The van der Waals surface area contributed by atoms with Crippen molar-refractivity contribution in [2.24, 2.45) is 0 Å². The lowest BCUT2D eigenvalue weighted by Gasteiger charge is -2.14. The Balaban J connectivity index is 1.06. The number of benzene rings is 1. The van der Waals surface area contributed by atoms with Crippen molar-refractivity contribution in [3.8, 4) is 0 Å². The molecule has 2 heterocycles. The summed E-state index contributed by atoms with van der Waals surface area (Å²) >= 11 is 3.89. The van der Waals surface area contributed by atoms with E-state index in [1.165, 1.54) is 18.3 Å². The summed E-state index contributed by atoms with van der Waals surface area (Å²) in [6.45, 7) is 6.02. The number of Topliss-reactive ketones (excluding diaryl/α,β-unsaturated/α-hetero) is 1. The van der Waals surface area contributed by atoms with Gasteiger partial charge in [-0.1, -0.05) is 0 Å². The number of amides is 2. The minimum Gasteiger partial charge on any atom is -0.480 e. The number of thiol groups is 1. The molecule has 3 aromatic rings. The molecule has 3 rings (SSSR count). The van der Waals surface area contributed by atoms with Crippen molar-refractivity contribution in [1.82, 2.24) is 30.6 Å². The zero-order chi connectivity index (χ0) is 48.5. The zero-order valence-electron chi connectivity index (χ0n) is 37.3. The maximum Gasteiger partial charge on any atom is 0.327 e. The van der Waals surface area contributed by atoms with E-state index >= 15 is 0 Å². The average molecular weight is 967 g/mol. The predicted molar refractivity (Wildman–Crippen MR) is 243 cm³/mol. The first-order chi connectivity index (χ1) is 32.5. The molecule has 0 aliphatic rings. The van der Waals surface area contributed by atoms with Gasteiger partial charge in [0.05, 0.1) is 118 Å². The van der Waals surface area contributed by atoms with Gasteiger partial charge >= 0.3 is 11.9 Å². The van der Waals surface area contributed by atoms with Crippen LogP contribution in [0.25, 0.3) is 11.2 Å². The van der Waals surface area contributed by atoms with Crippen LogP contribution in [-0.2, 0) is 63.6 Å². The standard InChI is InChI=1S/C42H62N8O16S/c43-42-49-37-36(39(54)50-42)46-31(27-45-37)26-44-30-5-3-29(4-6-30)38(53)48-33(40(55)56)8-7-32(51)2-1-10-59-12-14-61-16-18-63-20-22-65-24-25-66-23-21-64-19-17-62-15-13-60-11-9-35(52)47-34(28-67)41(57)58/h3-6,27,33-34,44,67H,1-2,7-26,28H2,(H,47,52)(H,48,53)(H,55,56)(H,57,58)(H3,43,45,49,50,54)/t33-,34+/m0/s1. The molecule has 0 unspecified atom stereocenters. The number of H-pyrrole nitrogens is 1. The van der Waals surface area contributed by atoms with E-state index in [0.29, 0.717) is 117 Å². The first-order valence-corrected chi connectivity index (χ1v) is 22.3. The normalized spacial score (nSPS) is 12.1. The quantitative estimate of drug-likeness (QED) is 0.0280. The maximum atomic E-state index is 12.8. The summed E-state index contributed by atoms with van der Waals surface area (Å²) in [6.07, 6.45) is 2.09. The highest BCUT2D eigenvalue weighted by Crippen LogP contribution is 2.13. The van der Waals surface area contributed by atoms with Crippen molar-refractivity contribution < 1.29 is 72.1 Å². The molecule has 0 spiro atoms. The van der Waals surface area contributed by atoms with Crippen LogP contribution in [0, 0.1) is 0 Å². The van der Waals surface area contributed by atoms with Gasteiger partial charge < -0.3 is 69.8 Å². The van der Waals surface area contributed by atoms with E-state index in [1.807, 2.05) is 0 Å². The summed E-state index contributed by atoms with van der Waals surface area (Å²) in [4.78, 5) is 86.4. The number of nitrogen functional groups attached to an aromatic ring is 1. The molecule has 0 aliphatic heterocycles. The number of aromatic amines is 1. The van der Waals surface area contributed by atoms with Crippen LogP contribution in [0.3, 0.4) is 0 Å². The minimum atomic E-state index is -1.25. The number of fused-ring (bicyclic) bond motifs is 1. The highest BCUT2D eigenvalue weighted by atomic mass is 32.1. The third kappa shape index (κ3) is 24.8. The number of anilines is 2. The van der Waals surface area contributed by atoms with Crippen molar-refractivity contribution in [2.45, 2.75) is 50.7 Å². The van der Waals surface area contributed by atoms with Gasteiger partial charge in [-0.25, -0.2) is 19.6 Å². The summed E-state index contributed by atoms with van der Waals surface area (Å²) in [6, 6.07) is 4.04. The smallest absolute Gasteiger partial charge is 0.327 e. The molecule has 0 bridgehead atoms. The number of carbonyl (C=O) groups is 5. The summed E-state index contributed by atoms with van der Waals surface area (Å²) in [5.74, 6) is -3.60. The summed E-state index contributed by atoms with van der Waals surface area (Å²) in [5, 5.41) is 26.5. The lowest BCUT2D eigenvalue weighted by molar-refractivity contribution is -0.141. The number of aliphatic carboxylic acids is 2. The van der Waals surface area contributed by atoms with E-state index in [0.717, 1.165) is 0 Å². The van der Waals surface area contributed by atoms with Gasteiger partial charge in [0, 0.05) is 42.9 Å². The largest absolute Gasteiger partial charge is 0.480 e. The molecule has 8 N–H and O–H groups in total. The van der Waals surface area contributed by atoms with Crippen LogP contribution in [0.1, 0.15) is 48.2 Å². The number of ketones is 1. The summed E-state index contributed by atoms with van der Waals surface area (Å²) in [5.41, 5.74) is 6.54. The number of carbonyl (C=O) groups excluding carboxylic acids is 3. The Kier molecular flexibility index (Phi) is 28.4. The van der Waals surface area contributed by atoms with Crippen molar-refractivity contribution in [3.05, 3.63) is 52.1 Å². The molecule has 2 aromatic heterocycles. The Labute approximate surface area is 392 Å². The molecule has 0 fully saturated rings. The second-order valence-corrected chi connectivity index (χ2v) is 14.6. The van der Waals surface area contributed by atoms with Gasteiger partial charge in [0.25, 0.3) is 11.5 Å². The third-order valence-corrected chi connectivity index (χ3v) is 9.42. The van der Waals surface area contributed by atoms with Gasteiger partial charge in [0.15, 0.2) is 11.2 Å². The number of nitrogens with zero attached hydrogens (tertiary/aromatic N) is 3. The first-order valence-electron chi connectivity index (χ1n) is 21.6. The SMILES string of the molecule is Nc1nc2ncc(CNc3ccc(C(=O)N[C@@H](CCC(=O)CCCOCCOCCOCCOCCOCCOCCOCCOCCC(=O)N[C@H](CS)C(=O)O)C(=O)O)cc3)nc2c(=O)[nH]1. The minimum absolute atomic E-state index is 0.00435. The molecule has 67 heavy (non-hydrogen) atoms. The molecule has 372 valence electrons. The van der Waals surface area contributed by atoms with Crippen LogP contribution >= 0.6 is 12.6 Å². The van der Waals surface area contributed by atoms with Crippen molar-refractivity contribution in [2.75, 3.05) is 123 Å². The van der Waals surface area contributed by atoms with Gasteiger partial charge in [0.2, 0.25) is 11.9 Å². The fourth-order valence-corrected chi connectivity index (χ4v) is 5.79. The zero-order valence-corrected chi connectivity index (χ0v) is 38.2. The fraction of sp³-hybridized carbons (Fsp3) is 0.595. The number of hydrogen-bond acceptors (Lipinski definition) is 20. The lowest BCUT2D eigenvalue weighted by atomic mass is 10.1. The maximum absolute atomic E-state index is 12.8. The van der Waals surface area contributed by atoms with Crippen LogP contribution in [0.2, 0.25) is 0 Å².